The fraction of sp³-hybridized carbons (Fsp3) is 1.00. The van der Waals surface area contributed by atoms with Crippen LogP contribution in [-0.4, -0.2) is 23.8 Å². The number of nitrogens with one attached hydrogen (secondary N) is 1. The molecule has 2 rings (SSSR count). The molecule has 0 bridgehead atoms. The maximum atomic E-state index is 10.4. The van der Waals surface area contributed by atoms with Crippen LogP contribution >= 0.6 is 0 Å². The van der Waals surface area contributed by atoms with Gasteiger partial charge in [0, 0.05) is 6.54 Å². The predicted octanol–water partition coefficient (Wildman–Crippen LogP) is 2.95. The van der Waals surface area contributed by atoms with Crippen LogP contribution < -0.4 is 5.32 Å². The highest BCUT2D eigenvalue weighted by Gasteiger charge is 2.63. The summed E-state index contributed by atoms with van der Waals surface area (Å²) < 4.78 is 0. The molecule has 0 aromatic rings. The zero-order chi connectivity index (χ0) is 12.7. The van der Waals surface area contributed by atoms with E-state index in [4.69, 9.17) is 0 Å². The van der Waals surface area contributed by atoms with Gasteiger partial charge in [-0.05, 0) is 36.1 Å². The van der Waals surface area contributed by atoms with Gasteiger partial charge in [-0.3, -0.25) is 0 Å². The first-order chi connectivity index (χ1) is 7.80. The summed E-state index contributed by atoms with van der Waals surface area (Å²) in [5.74, 6) is 0.752. The van der Waals surface area contributed by atoms with E-state index in [1.54, 1.807) is 0 Å². The molecule has 0 heterocycles. The second kappa shape index (κ2) is 4.24. The second-order valence-corrected chi connectivity index (χ2v) is 7.41. The molecule has 2 heteroatoms. The van der Waals surface area contributed by atoms with Crippen LogP contribution in [0.5, 0.6) is 0 Å². The van der Waals surface area contributed by atoms with E-state index in [2.05, 4.69) is 33.0 Å². The van der Waals surface area contributed by atoms with Gasteiger partial charge in [0.15, 0.2) is 0 Å². The standard InChI is InChI=1S/C15H29NO/c1-13(2)12(14(13,3)4)10-16-11-15(17)8-6-5-7-9-15/h12,16-17H,5-11H2,1-4H3. The maximum Gasteiger partial charge on any atom is 0.0771 e. The van der Waals surface area contributed by atoms with Gasteiger partial charge in [0.1, 0.15) is 0 Å². The van der Waals surface area contributed by atoms with Crippen molar-refractivity contribution in [2.24, 2.45) is 16.7 Å². The van der Waals surface area contributed by atoms with Crippen LogP contribution in [0.15, 0.2) is 0 Å². The lowest BCUT2D eigenvalue weighted by molar-refractivity contribution is 0.00461. The minimum absolute atomic E-state index is 0.415. The first-order valence-electron chi connectivity index (χ1n) is 7.23. The molecule has 0 aromatic carbocycles. The molecule has 0 aliphatic heterocycles. The molecule has 0 atom stereocenters. The van der Waals surface area contributed by atoms with Crippen molar-refractivity contribution in [1.82, 2.24) is 5.32 Å². The largest absolute Gasteiger partial charge is 0.389 e. The lowest BCUT2D eigenvalue weighted by atomic mass is 9.85. The summed E-state index contributed by atoms with van der Waals surface area (Å²) in [6.45, 7) is 11.3. The van der Waals surface area contributed by atoms with Gasteiger partial charge in [-0.15, -0.1) is 0 Å². The molecule has 2 aliphatic carbocycles. The lowest BCUT2D eigenvalue weighted by Gasteiger charge is -2.32. The normalized spacial score (nSPS) is 30.2. The third kappa shape index (κ3) is 2.39. The van der Waals surface area contributed by atoms with Crippen LogP contribution in [0.25, 0.3) is 0 Å². The summed E-state index contributed by atoms with van der Waals surface area (Å²) in [7, 11) is 0. The molecule has 2 fully saturated rings. The minimum Gasteiger partial charge on any atom is -0.389 e. The molecule has 0 amide bonds. The maximum absolute atomic E-state index is 10.4. The third-order valence-corrected chi connectivity index (χ3v) is 5.91. The summed E-state index contributed by atoms with van der Waals surface area (Å²) in [5, 5.41) is 13.9. The zero-order valence-electron chi connectivity index (χ0n) is 12.0. The summed E-state index contributed by atoms with van der Waals surface area (Å²) >= 11 is 0. The molecule has 0 spiro atoms. The molecular formula is C15H29NO. The van der Waals surface area contributed by atoms with Crippen molar-refractivity contribution in [3.8, 4) is 0 Å². The summed E-state index contributed by atoms with van der Waals surface area (Å²) in [6, 6.07) is 0. The number of rotatable bonds is 4. The Kier molecular flexibility index (Phi) is 3.33. The van der Waals surface area contributed by atoms with Gasteiger partial charge in [-0.2, -0.15) is 0 Å². The topological polar surface area (TPSA) is 32.3 Å². The Labute approximate surface area is 106 Å². The van der Waals surface area contributed by atoms with Crippen LogP contribution in [0.4, 0.5) is 0 Å². The smallest absolute Gasteiger partial charge is 0.0771 e. The van der Waals surface area contributed by atoms with Crippen molar-refractivity contribution >= 4 is 0 Å². The van der Waals surface area contributed by atoms with Crippen LogP contribution in [-0.2, 0) is 0 Å². The Balaban J connectivity index is 1.74. The fourth-order valence-corrected chi connectivity index (χ4v) is 3.68. The van der Waals surface area contributed by atoms with Gasteiger partial charge in [0.05, 0.1) is 5.60 Å². The Morgan fingerprint density at radius 1 is 1.00 bits per heavy atom. The van der Waals surface area contributed by atoms with E-state index >= 15 is 0 Å². The molecule has 2 N–H and O–H groups in total. The Bertz CT molecular complexity index is 263. The number of hydrogen-bond donors (Lipinski definition) is 2. The van der Waals surface area contributed by atoms with Crippen LogP contribution in [0.1, 0.15) is 59.8 Å². The average Bonchev–Trinajstić information content (AvgIpc) is 2.61. The van der Waals surface area contributed by atoms with Crippen LogP contribution in [0.2, 0.25) is 0 Å². The van der Waals surface area contributed by atoms with Gasteiger partial charge >= 0.3 is 0 Å². The van der Waals surface area contributed by atoms with Gasteiger partial charge in [0.2, 0.25) is 0 Å². The van der Waals surface area contributed by atoms with E-state index in [0.29, 0.717) is 10.8 Å². The summed E-state index contributed by atoms with van der Waals surface area (Å²) in [5.41, 5.74) is 0.492. The highest BCUT2D eigenvalue weighted by molar-refractivity contribution is 5.12. The zero-order valence-corrected chi connectivity index (χ0v) is 12.0. The molecule has 2 nitrogen and oxygen atoms in total. The molecule has 2 saturated carbocycles. The lowest BCUT2D eigenvalue weighted by Crippen LogP contribution is -2.43. The number of aliphatic hydroxyl groups is 1. The molecular weight excluding hydrogens is 210 g/mol. The van der Waals surface area contributed by atoms with E-state index in [-0.39, 0.29) is 0 Å². The minimum atomic E-state index is -0.415. The molecule has 0 radical (unpaired) electrons. The van der Waals surface area contributed by atoms with Crippen molar-refractivity contribution in [2.45, 2.75) is 65.4 Å². The van der Waals surface area contributed by atoms with Crippen molar-refractivity contribution in [1.29, 1.82) is 0 Å². The number of hydrogen-bond acceptors (Lipinski definition) is 2. The second-order valence-electron chi connectivity index (χ2n) is 7.41. The van der Waals surface area contributed by atoms with Gasteiger partial charge in [0.25, 0.3) is 0 Å². The molecule has 17 heavy (non-hydrogen) atoms. The van der Waals surface area contributed by atoms with Crippen molar-refractivity contribution in [3.05, 3.63) is 0 Å². The molecule has 0 aromatic heterocycles. The Morgan fingerprint density at radius 3 is 2.00 bits per heavy atom. The summed E-state index contributed by atoms with van der Waals surface area (Å²) in [6.07, 6.45) is 5.65. The Hall–Kier alpha value is -0.0800. The van der Waals surface area contributed by atoms with E-state index in [0.717, 1.165) is 31.8 Å². The van der Waals surface area contributed by atoms with Gasteiger partial charge in [-0.25, -0.2) is 0 Å². The molecule has 100 valence electrons. The third-order valence-electron chi connectivity index (χ3n) is 5.91. The van der Waals surface area contributed by atoms with E-state index in [1.165, 1.54) is 19.3 Å². The monoisotopic (exact) mass is 239 g/mol. The highest BCUT2D eigenvalue weighted by atomic mass is 16.3. The SMILES string of the molecule is CC1(C)C(CNCC2(O)CCCCC2)C1(C)C. The molecule has 2 aliphatic rings. The molecule has 0 saturated heterocycles. The predicted molar refractivity (Wildman–Crippen MR) is 72.0 cm³/mol. The highest BCUT2D eigenvalue weighted by Crippen LogP contribution is 2.67. The van der Waals surface area contributed by atoms with E-state index in [1.807, 2.05) is 0 Å². The summed E-state index contributed by atoms with van der Waals surface area (Å²) in [4.78, 5) is 0. The van der Waals surface area contributed by atoms with E-state index in [9.17, 15) is 5.11 Å². The van der Waals surface area contributed by atoms with Gasteiger partial charge < -0.3 is 10.4 Å². The van der Waals surface area contributed by atoms with Crippen molar-refractivity contribution in [2.75, 3.05) is 13.1 Å². The first kappa shape index (κ1) is 13.4. The molecule has 0 unspecified atom stereocenters. The average molecular weight is 239 g/mol. The fourth-order valence-electron chi connectivity index (χ4n) is 3.68. The van der Waals surface area contributed by atoms with Crippen molar-refractivity contribution in [3.63, 3.8) is 0 Å². The quantitative estimate of drug-likeness (QED) is 0.790. The van der Waals surface area contributed by atoms with Gasteiger partial charge in [-0.1, -0.05) is 47.0 Å². The van der Waals surface area contributed by atoms with E-state index < -0.39 is 5.60 Å². The van der Waals surface area contributed by atoms with Crippen molar-refractivity contribution < 1.29 is 5.11 Å². The first-order valence-corrected chi connectivity index (χ1v) is 7.23. The Morgan fingerprint density at radius 2 is 1.53 bits per heavy atom. The van der Waals surface area contributed by atoms with Crippen LogP contribution in [0, 0.1) is 16.7 Å². The van der Waals surface area contributed by atoms with Crippen LogP contribution in [0.3, 0.4) is 0 Å².